The first-order valence-electron chi connectivity index (χ1n) is 8.71. The SMILES string of the molecule is O=CCCc1ccccc1.[3H]OS[C@@H]1N=COC1CCc1ccccc1. The number of carbonyl (C=O) groups is 1. The maximum Gasteiger partial charge on any atom is 0.229 e. The van der Waals surface area contributed by atoms with E-state index in [4.69, 9.17) is 6.17 Å². The first-order valence-corrected chi connectivity index (χ1v) is 9.11. The highest BCUT2D eigenvalue weighted by atomic mass is 32.2. The lowest BCUT2D eigenvalue weighted by Gasteiger charge is -2.13. The Balaban J connectivity index is 0.000000209. The lowest BCUT2D eigenvalue weighted by Crippen LogP contribution is -2.19. The average Bonchev–Trinajstić information content (AvgIpc) is 3.14. The summed E-state index contributed by atoms with van der Waals surface area (Å²) in [5.74, 6) is 0. The van der Waals surface area contributed by atoms with Crippen molar-refractivity contribution in [1.29, 1.82) is 1.43 Å². The summed E-state index contributed by atoms with van der Waals surface area (Å²) in [5, 5.41) is -0.110. The van der Waals surface area contributed by atoms with Crippen molar-refractivity contribution in [2.45, 2.75) is 37.2 Å². The summed E-state index contributed by atoms with van der Waals surface area (Å²) in [7, 11) is 0. The van der Waals surface area contributed by atoms with Crippen molar-refractivity contribution in [3.05, 3.63) is 71.8 Å². The Morgan fingerprint density at radius 2 is 1.72 bits per heavy atom. The minimum Gasteiger partial charge on any atom is -0.477 e. The van der Waals surface area contributed by atoms with Crippen molar-refractivity contribution in [1.82, 2.24) is 0 Å². The Bertz CT molecular complexity index is 655. The fourth-order valence-corrected chi connectivity index (χ4v) is 2.88. The molecule has 0 saturated carbocycles. The van der Waals surface area contributed by atoms with E-state index in [-0.39, 0.29) is 11.5 Å². The molecule has 0 amide bonds. The second kappa shape index (κ2) is 11.4. The second-order valence-corrected chi connectivity index (χ2v) is 6.31. The summed E-state index contributed by atoms with van der Waals surface area (Å²) in [6.45, 7) is 0. The molecule has 1 aliphatic heterocycles. The third kappa shape index (κ3) is 7.11. The second-order valence-electron chi connectivity index (χ2n) is 5.63. The van der Waals surface area contributed by atoms with E-state index in [1.807, 2.05) is 48.5 Å². The molecule has 25 heavy (non-hydrogen) atoms. The van der Waals surface area contributed by atoms with Gasteiger partial charge in [0.25, 0.3) is 0 Å². The summed E-state index contributed by atoms with van der Waals surface area (Å²) in [6, 6.07) is 20.3. The van der Waals surface area contributed by atoms with Crippen LogP contribution in [0.5, 0.6) is 0 Å². The maximum absolute atomic E-state index is 9.98. The van der Waals surface area contributed by atoms with Gasteiger partial charge in [-0.2, -0.15) is 0 Å². The van der Waals surface area contributed by atoms with Crippen molar-refractivity contribution in [3.8, 4) is 0 Å². The molecule has 0 bridgehead atoms. The summed E-state index contributed by atoms with van der Waals surface area (Å²) in [5.41, 5.74) is 2.52. The molecule has 1 aliphatic rings. The normalized spacial score (nSPS) is 18.6. The molecular weight excluding hydrogens is 334 g/mol. The number of hydrogen-bond donors (Lipinski definition) is 1. The van der Waals surface area contributed by atoms with Crippen LogP contribution in [0.15, 0.2) is 65.7 Å². The molecule has 0 aromatic heterocycles. The quantitative estimate of drug-likeness (QED) is 0.561. The molecule has 1 heterocycles. The van der Waals surface area contributed by atoms with Crippen LogP contribution >= 0.6 is 12.0 Å². The van der Waals surface area contributed by atoms with Crippen LogP contribution in [0.3, 0.4) is 0 Å². The third-order valence-electron chi connectivity index (χ3n) is 3.81. The van der Waals surface area contributed by atoms with Gasteiger partial charge in [0.05, 0.1) is 0 Å². The van der Waals surface area contributed by atoms with Gasteiger partial charge in [-0.05, 0) is 30.4 Å². The number of hydrogen-bond acceptors (Lipinski definition) is 5. The Morgan fingerprint density at radius 1 is 1.08 bits per heavy atom. The van der Waals surface area contributed by atoms with E-state index in [1.165, 1.54) is 17.5 Å². The Morgan fingerprint density at radius 3 is 2.32 bits per heavy atom. The van der Waals surface area contributed by atoms with Gasteiger partial charge in [0.15, 0.2) is 11.8 Å². The number of ether oxygens (including phenoxy) is 1. The Labute approximate surface area is 154 Å². The highest BCUT2D eigenvalue weighted by Gasteiger charge is 2.25. The van der Waals surface area contributed by atoms with Crippen molar-refractivity contribution in [2.75, 3.05) is 0 Å². The Hall–Kier alpha value is -2.11. The van der Waals surface area contributed by atoms with Gasteiger partial charge in [0, 0.05) is 18.5 Å². The number of carbonyl (C=O) groups excluding carboxylic acids is 1. The highest BCUT2D eigenvalue weighted by Crippen LogP contribution is 2.23. The number of aryl methyl sites for hydroxylation is 2. The monoisotopic (exact) mass is 359 g/mol. The van der Waals surface area contributed by atoms with Gasteiger partial charge in [-0.1, -0.05) is 60.7 Å². The number of aliphatic imine (C=N–C) groups is 1. The van der Waals surface area contributed by atoms with E-state index < -0.39 is 0 Å². The summed E-state index contributed by atoms with van der Waals surface area (Å²) < 4.78 is 16.3. The van der Waals surface area contributed by atoms with Crippen molar-refractivity contribution >= 4 is 24.7 Å². The van der Waals surface area contributed by atoms with Crippen LogP contribution in [0.4, 0.5) is 0 Å². The predicted octanol–water partition coefficient (Wildman–Crippen LogP) is 4.40. The molecular formula is C20H23NO3S. The number of rotatable bonds is 8. The van der Waals surface area contributed by atoms with Gasteiger partial charge in [-0.3, -0.25) is 0 Å². The van der Waals surface area contributed by atoms with Gasteiger partial charge in [0.2, 0.25) is 1.43 Å². The van der Waals surface area contributed by atoms with Crippen molar-refractivity contribution < 1.29 is 14.1 Å². The van der Waals surface area contributed by atoms with Crippen molar-refractivity contribution in [3.63, 3.8) is 0 Å². The zero-order chi connectivity index (χ0) is 18.5. The molecule has 0 aliphatic carbocycles. The van der Waals surface area contributed by atoms with Gasteiger partial charge < -0.3 is 14.1 Å². The van der Waals surface area contributed by atoms with E-state index in [1.54, 1.807) is 0 Å². The maximum atomic E-state index is 9.98. The zero-order valence-electron chi connectivity index (χ0n) is 15.0. The highest BCUT2D eigenvalue weighted by molar-refractivity contribution is 7.94. The molecule has 3 rings (SSSR count). The molecule has 2 aromatic carbocycles. The van der Waals surface area contributed by atoms with E-state index in [0.717, 1.165) is 37.6 Å². The van der Waals surface area contributed by atoms with Crippen molar-refractivity contribution in [2.24, 2.45) is 4.99 Å². The third-order valence-corrected chi connectivity index (χ3v) is 4.44. The zero-order valence-corrected chi connectivity index (χ0v) is 14.8. The molecule has 0 fully saturated rings. The van der Waals surface area contributed by atoms with Crippen LogP contribution < -0.4 is 0 Å². The van der Waals surface area contributed by atoms with Gasteiger partial charge in [0.1, 0.15) is 12.4 Å². The van der Waals surface area contributed by atoms with Gasteiger partial charge >= 0.3 is 0 Å². The van der Waals surface area contributed by atoms with E-state index in [2.05, 4.69) is 21.7 Å². The lowest BCUT2D eigenvalue weighted by atomic mass is 10.1. The molecule has 2 aromatic rings. The van der Waals surface area contributed by atoms with Crippen LogP contribution in [0, 0.1) is 0 Å². The fourth-order valence-electron chi connectivity index (χ4n) is 2.46. The smallest absolute Gasteiger partial charge is 0.229 e. The number of aldehydes is 1. The predicted molar refractivity (Wildman–Crippen MR) is 103 cm³/mol. The minimum absolute atomic E-state index is 0.00977. The molecule has 0 spiro atoms. The van der Waals surface area contributed by atoms with Crippen LogP contribution in [0.25, 0.3) is 1.43 Å². The standard InChI is InChI=1S/C11H13NO2S.C9H10O/c13-15-11-10(14-8-12-11)7-6-9-4-2-1-3-5-9;10-8-4-7-9-5-2-1-3-6-9/h1-5,8,10-11,13H,6-7H2;1-3,5-6,8H,4,7H2/t10?,11-;/m0./s1/i/hT. The number of benzene rings is 2. The molecule has 0 saturated heterocycles. The lowest BCUT2D eigenvalue weighted by molar-refractivity contribution is -0.107. The summed E-state index contributed by atoms with van der Waals surface area (Å²) in [6.07, 6.45) is 5.73. The summed E-state index contributed by atoms with van der Waals surface area (Å²) >= 11 is 1.03. The molecule has 0 radical (unpaired) electrons. The van der Waals surface area contributed by atoms with E-state index in [9.17, 15) is 4.79 Å². The average molecular weight is 359 g/mol. The molecule has 1 N–H and O–H groups in total. The molecule has 1 unspecified atom stereocenters. The van der Waals surface area contributed by atoms with Crippen LogP contribution in [0.1, 0.15) is 24.0 Å². The summed E-state index contributed by atoms with van der Waals surface area (Å²) in [4.78, 5) is 14.1. The topological polar surface area (TPSA) is 58.9 Å². The van der Waals surface area contributed by atoms with Crippen LogP contribution in [-0.2, 0) is 22.4 Å². The van der Waals surface area contributed by atoms with Gasteiger partial charge in [-0.15, -0.1) is 0 Å². The molecule has 2 atom stereocenters. The van der Waals surface area contributed by atoms with Crippen LogP contribution in [-0.4, -0.2) is 28.7 Å². The minimum atomic E-state index is -0.110. The van der Waals surface area contributed by atoms with E-state index in [0.29, 0.717) is 6.42 Å². The molecule has 132 valence electrons. The largest absolute Gasteiger partial charge is 0.477 e. The first-order chi connectivity index (χ1) is 12.8. The van der Waals surface area contributed by atoms with E-state index >= 15 is 0 Å². The molecule has 5 heteroatoms. The molecule has 4 nitrogen and oxygen atoms in total. The Kier molecular flexibility index (Phi) is 8.11. The van der Waals surface area contributed by atoms with Crippen LogP contribution in [0.2, 0.25) is 0 Å². The van der Waals surface area contributed by atoms with Gasteiger partial charge in [-0.25, -0.2) is 4.99 Å². The first kappa shape index (κ1) is 17.7. The fraction of sp³-hybridized carbons (Fsp3) is 0.300. The number of nitrogens with zero attached hydrogens (tertiary/aromatic N) is 1.